The van der Waals surface area contributed by atoms with Gasteiger partial charge in [0.05, 0.1) is 11.8 Å². The Kier molecular flexibility index (Phi) is 8.60. The summed E-state index contributed by atoms with van der Waals surface area (Å²) in [7, 11) is -3.21. The average molecular weight is 584 g/mol. The number of rotatable bonds is 8. The summed E-state index contributed by atoms with van der Waals surface area (Å²) in [4.78, 5) is 5.97. The molecule has 9 atom stereocenters. The molecule has 1 aromatic carbocycles. The van der Waals surface area contributed by atoms with E-state index in [2.05, 4.69) is 84.3 Å². The minimum atomic E-state index is -1.71. The van der Waals surface area contributed by atoms with E-state index in [1.807, 2.05) is 6.07 Å². The van der Waals surface area contributed by atoms with Gasteiger partial charge in [0.1, 0.15) is 6.61 Å². The lowest BCUT2D eigenvalue weighted by molar-refractivity contribution is -0.121. The standard InChI is InChI=1S/C34H57NO3Si2/c1-24(35-36-23-25-13-11-10-12-14-25)32-31(38-40(7,8)9)22-30-28-16-15-26-21-27(37-39(4,5)6)17-19-33(26,2)29(28)18-20-34(30,32)3/h10-14,26-32H,15-23H2,1-9H3/b35-24+. The molecular formula is C34H57NO3Si2. The summed E-state index contributed by atoms with van der Waals surface area (Å²) in [6.45, 7) is 22.1. The van der Waals surface area contributed by atoms with Crippen molar-refractivity contribution < 1.29 is 13.7 Å². The van der Waals surface area contributed by atoms with Crippen molar-refractivity contribution in [2.24, 2.45) is 45.6 Å². The Labute approximate surface area is 247 Å². The molecule has 0 amide bonds. The van der Waals surface area contributed by atoms with Crippen LogP contribution in [-0.2, 0) is 20.3 Å². The molecule has 40 heavy (non-hydrogen) atoms. The van der Waals surface area contributed by atoms with E-state index in [4.69, 9.17) is 18.8 Å². The number of benzene rings is 1. The van der Waals surface area contributed by atoms with Crippen molar-refractivity contribution in [3.63, 3.8) is 0 Å². The number of hydrogen-bond donors (Lipinski definition) is 0. The smallest absolute Gasteiger partial charge is 0.184 e. The molecule has 0 radical (unpaired) electrons. The molecule has 0 aliphatic heterocycles. The Bertz CT molecular complexity index is 1050. The first-order valence-electron chi connectivity index (χ1n) is 16.3. The monoisotopic (exact) mass is 583 g/mol. The zero-order chi connectivity index (χ0) is 28.9. The SMILES string of the molecule is C/C(=N\OCc1ccccc1)C1C(O[Si](C)(C)C)CC2C3CCC4CC(O[Si](C)(C)C)CCC4(C)C3CCC21C. The lowest BCUT2D eigenvalue weighted by atomic mass is 9.44. The summed E-state index contributed by atoms with van der Waals surface area (Å²) >= 11 is 0. The Morgan fingerprint density at radius 1 is 0.825 bits per heavy atom. The molecule has 4 aliphatic carbocycles. The van der Waals surface area contributed by atoms with Crippen LogP contribution in [0.4, 0.5) is 0 Å². The van der Waals surface area contributed by atoms with Crippen molar-refractivity contribution in [2.45, 2.75) is 130 Å². The summed E-state index contributed by atoms with van der Waals surface area (Å²) in [6.07, 6.45) is 11.3. The molecule has 1 aromatic rings. The van der Waals surface area contributed by atoms with Gasteiger partial charge in [-0.15, -0.1) is 0 Å². The highest BCUT2D eigenvalue weighted by molar-refractivity contribution is 6.70. The average Bonchev–Trinajstić information content (AvgIpc) is 3.14. The first-order valence-corrected chi connectivity index (χ1v) is 23.1. The topological polar surface area (TPSA) is 40.0 Å². The highest BCUT2D eigenvalue weighted by Crippen LogP contribution is 2.68. The van der Waals surface area contributed by atoms with Gasteiger partial charge in [0.25, 0.3) is 0 Å². The number of fused-ring (bicyclic) bond motifs is 5. The second-order valence-corrected chi connectivity index (χ2v) is 25.2. The maximum atomic E-state index is 7.02. The van der Waals surface area contributed by atoms with E-state index in [1.165, 1.54) is 56.9 Å². The molecule has 5 rings (SSSR count). The van der Waals surface area contributed by atoms with Gasteiger partial charge in [0.15, 0.2) is 16.6 Å². The summed E-state index contributed by atoms with van der Waals surface area (Å²) in [5, 5.41) is 4.78. The molecule has 9 unspecified atom stereocenters. The molecular weight excluding hydrogens is 527 g/mol. The van der Waals surface area contributed by atoms with E-state index in [-0.39, 0.29) is 11.5 Å². The van der Waals surface area contributed by atoms with Crippen molar-refractivity contribution in [3.05, 3.63) is 35.9 Å². The highest BCUT2D eigenvalue weighted by atomic mass is 28.4. The van der Waals surface area contributed by atoms with Crippen LogP contribution in [0.15, 0.2) is 35.5 Å². The third-order valence-electron chi connectivity index (χ3n) is 11.4. The van der Waals surface area contributed by atoms with Crippen molar-refractivity contribution in [2.75, 3.05) is 0 Å². The fraction of sp³-hybridized carbons (Fsp3) is 0.794. The van der Waals surface area contributed by atoms with Crippen LogP contribution < -0.4 is 0 Å². The van der Waals surface area contributed by atoms with E-state index in [1.54, 1.807) is 0 Å². The normalized spacial score (nSPS) is 40.2. The van der Waals surface area contributed by atoms with Crippen LogP contribution in [0.3, 0.4) is 0 Å². The second-order valence-electron chi connectivity index (χ2n) is 16.3. The van der Waals surface area contributed by atoms with Crippen LogP contribution in [0.2, 0.25) is 39.3 Å². The Morgan fingerprint density at radius 3 is 2.17 bits per heavy atom. The largest absolute Gasteiger partial charge is 0.415 e. The zero-order valence-corrected chi connectivity index (χ0v) is 29.0. The van der Waals surface area contributed by atoms with E-state index in [9.17, 15) is 0 Å². The van der Waals surface area contributed by atoms with Crippen LogP contribution in [0.5, 0.6) is 0 Å². The van der Waals surface area contributed by atoms with E-state index < -0.39 is 16.6 Å². The quantitative estimate of drug-likeness (QED) is 0.174. The third kappa shape index (κ3) is 6.21. The fourth-order valence-corrected chi connectivity index (χ4v) is 12.3. The van der Waals surface area contributed by atoms with Crippen LogP contribution in [0.25, 0.3) is 0 Å². The van der Waals surface area contributed by atoms with Gasteiger partial charge in [0.2, 0.25) is 0 Å². The zero-order valence-electron chi connectivity index (χ0n) is 27.0. The minimum absolute atomic E-state index is 0.233. The van der Waals surface area contributed by atoms with E-state index >= 15 is 0 Å². The lowest BCUT2D eigenvalue weighted by Gasteiger charge is -2.61. The van der Waals surface area contributed by atoms with Gasteiger partial charge < -0.3 is 13.7 Å². The molecule has 0 heterocycles. The summed E-state index contributed by atoms with van der Waals surface area (Å²) < 4.78 is 13.7. The van der Waals surface area contributed by atoms with Gasteiger partial charge in [0, 0.05) is 12.0 Å². The maximum Gasteiger partial charge on any atom is 0.184 e. The molecule has 224 valence electrons. The maximum absolute atomic E-state index is 7.02. The first-order chi connectivity index (χ1) is 18.7. The summed E-state index contributed by atoms with van der Waals surface area (Å²) in [6, 6.07) is 10.4. The highest BCUT2D eigenvalue weighted by Gasteiger charge is 2.63. The number of oxime groups is 1. The van der Waals surface area contributed by atoms with Crippen LogP contribution in [-0.4, -0.2) is 34.6 Å². The first kappa shape index (κ1) is 30.5. The van der Waals surface area contributed by atoms with E-state index in [0.29, 0.717) is 30.0 Å². The van der Waals surface area contributed by atoms with Crippen LogP contribution in [0.1, 0.15) is 77.7 Å². The Hall–Kier alpha value is -0.956. The van der Waals surface area contributed by atoms with Crippen molar-refractivity contribution in [1.29, 1.82) is 0 Å². The van der Waals surface area contributed by atoms with Gasteiger partial charge in [-0.3, -0.25) is 0 Å². The molecule has 4 fully saturated rings. The van der Waals surface area contributed by atoms with Gasteiger partial charge in [-0.05, 0) is 138 Å². The summed E-state index contributed by atoms with van der Waals surface area (Å²) in [5.74, 6) is 3.53. The molecule has 0 aromatic heterocycles. The van der Waals surface area contributed by atoms with E-state index in [0.717, 1.165) is 23.5 Å². The summed E-state index contributed by atoms with van der Waals surface area (Å²) in [5.41, 5.74) is 3.02. The van der Waals surface area contributed by atoms with Gasteiger partial charge >= 0.3 is 0 Å². The minimum Gasteiger partial charge on any atom is -0.415 e. The fourth-order valence-electron chi connectivity index (χ4n) is 9.97. The molecule has 6 heteroatoms. The molecule has 4 aliphatic rings. The number of hydrogen-bond acceptors (Lipinski definition) is 4. The second kappa shape index (κ2) is 11.3. The van der Waals surface area contributed by atoms with Crippen molar-refractivity contribution in [3.8, 4) is 0 Å². The molecule has 0 bridgehead atoms. The van der Waals surface area contributed by atoms with Crippen LogP contribution in [0, 0.1) is 40.4 Å². The van der Waals surface area contributed by atoms with Gasteiger partial charge in [-0.25, -0.2) is 0 Å². The van der Waals surface area contributed by atoms with Gasteiger partial charge in [-0.1, -0.05) is 49.3 Å². The number of nitrogens with zero attached hydrogens (tertiary/aromatic N) is 1. The van der Waals surface area contributed by atoms with Crippen molar-refractivity contribution >= 4 is 22.3 Å². The molecule has 0 N–H and O–H groups in total. The predicted octanol–water partition coefficient (Wildman–Crippen LogP) is 9.29. The molecule has 4 nitrogen and oxygen atoms in total. The van der Waals surface area contributed by atoms with Crippen LogP contribution >= 0.6 is 0 Å². The predicted molar refractivity (Wildman–Crippen MR) is 171 cm³/mol. The Balaban J connectivity index is 1.36. The molecule has 0 spiro atoms. The molecule has 4 saturated carbocycles. The Morgan fingerprint density at radius 2 is 1.50 bits per heavy atom. The molecule has 0 saturated heterocycles. The van der Waals surface area contributed by atoms with Crippen molar-refractivity contribution in [1.82, 2.24) is 0 Å². The van der Waals surface area contributed by atoms with Gasteiger partial charge in [-0.2, -0.15) is 0 Å². The lowest BCUT2D eigenvalue weighted by Crippen LogP contribution is -2.55. The third-order valence-corrected chi connectivity index (χ3v) is 13.4.